The van der Waals surface area contributed by atoms with Crippen LogP contribution in [0.1, 0.15) is 31.2 Å². The van der Waals surface area contributed by atoms with Gasteiger partial charge in [-0.2, -0.15) is 4.98 Å². The van der Waals surface area contributed by atoms with Gasteiger partial charge in [-0.1, -0.05) is 6.07 Å². The first-order valence-corrected chi connectivity index (χ1v) is 13.3. The summed E-state index contributed by atoms with van der Waals surface area (Å²) >= 11 is 0. The van der Waals surface area contributed by atoms with Crippen molar-refractivity contribution in [2.75, 3.05) is 32.6 Å². The number of hydrogen-bond donors (Lipinski definition) is 2. The third kappa shape index (κ3) is 7.60. The van der Waals surface area contributed by atoms with Gasteiger partial charge in [-0.3, -0.25) is 14.3 Å². The summed E-state index contributed by atoms with van der Waals surface area (Å²) < 4.78 is 48.0. The molecule has 0 bridgehead atoms. The molecule has 3 aromatic rings. The van der Waals surface area contributed by atoms with Gasteiger partial charge in [-0.15, -0.1) is 0 Å². The van der Waals surface area contributed by atoms with Crippen LogP contribution < -0.4 is 16.0 Å². The molecule has 0 amide bonds. The van der Waals surface area contributed by atoms with Crippen LogP contribution in [0.5, 0.6) is 5.75 Å². The summed E-state index contributed by atoms with van der Waals surface area (Å²) in [5.41, 5.74) is 6.25. The van der Waals surface area contributed by atoms with E-state index in [2.05, 4.69) is 15.0 Å². The van der Waals surface area contributed by atoms with Crippen molar-refractivity contribution in [1.29, 1.82) is 0 Å². The molecule has 0 aliphatic heterocycles. The number of nitrogens with zero attached hydrogens (tertiary/aromatic N) is 3. The van der Waals surface area contributed by atoms with Gasteiger partial charge in [0.25, 0.3) is 5.56 Å². The van der Waals surface area contributed by atoms with Gasteiger partial charge < -0.3 is 33.8 Å². The third-order valence-electron chi connectivity index (χ3n) is 5.70. The zero-order valence-corrected chi connectivity index (χ0v) is 21.7. The molecule has 1 unspecified atom stereocenters. The molecule has 15 heteroatoms. The number of carbonyl (C=O) groups is 1. The fraction of sp³-hybridized carbons (Fsp3) is 0.478. The van der Waals surface area contributed by atoms with E-state index in [1.165, 1.54) is 25.6 Å². The summed E-state index contributed by atoms with van der Waals surface area (Å²) in [6.07, 6.45) is 4.23. The van der Waals surface area contributed by atoms with Crippen molar-refractivity contribution in [3.05, 3.63) is 46.3 Å². The standard InChI is InChI=1S/C23H29FN5O8P/c1-32-18-7-6-15(10-17(18)24)11-35-38(36-13-34-23(31)37-16-4-2-3-5-16)14-33-9-8-29-12-26-19-20(29)27-22(25)28-21(19)30/h6-7,10,12,16H,2-5,8-9,11,13-14H2,1H3,(H3,25,27,28,30). The van der Waals surface area contributed by atoms with Crippen LogP contribution >= 0.6 is 8.38 Å². The van der Waals surface area contributed by atoms with Crippen LogP contribution in [0.3, 0.4) is 0 Å². The Morgan fingerprint density at radius 2 is 2.11 bits per heavy atom. The average Bonchev–Trinajstić information content (AvgIpc) is 3.55. The van der Waals surface area contributed by atoms with Crippen LogP contribution in [0.15, 0.2) is 29.3 Å². The Kier molecular flexibility index (Phi) is 9.82. The van der Waals surface area contributed by atoms with Gasteiger partial charge in [-0.25, -0.2) is 14.2 Å². The lowest BCUT2D eigenvalue weighted by atomic mass is 10.2. The van der Waals surface area contributed by atoms with Gasteiger partial charge in [0.05, 0.1) is 26.7 Å². The van der Waals surface area contributed by atoms with E-state index in [1.807, 2.05) is 0 Å². The molecule has 0 radical (unpaired) electrons. The van der Waals surface area contributed by atoms with E-state index < -0.39 is 32.7 Å². The van der Waals surface area contributed by atoms with E-state index >= 15 is 0 Å². The van der Waals surface area contributed by atoms with Crippen molar-refractivity contribution in [3.63, 3.8) is 0 Å². The number of fused-ring (bicyclic) bond motifs is 1. The number of imidazole rings is 1. The van der Waals surface area contributed by atoms with Crippen LogP contribution in [0, 0.1) is 5.82 Å². The molecule has 3 N–H and O–H groups in total. The number of halogens is 1. The number of benzene rings is 1. The fourth-order valence-corrected chi connectivity index (χ4v) is 4.77. The van der Waals surface area contributed by atoms with Crippen molar-refractivity contribution in [1.82, 2.24) is 19.5 Å². The minimum atomic E-state index is -1.69. The molecule has 1 aromatic carbocycles. The molecule has 38 heavy (non-hydrogen) atoms. The molecule has 206 valence electrons. The Hall–Kier alpha value is -3.32. The second-order valence-electron chi connectivity index (χ2n) is 8.34. The zero-order chi connectivity index (χ0) is 26.9. The summed E-state index contributed by atoms with van der Waals surface area (Å²) in [5, 5.41) is 0. The highest BCUT2D eigenvalue weighted by atomic mass is 31.2. The molecule has 1 aliphatic rings. The number of methoxy groups -OCH3 is 1. The van der Waals surface area contributed by atoms with E-state index in [-0.39, 0.29) is 42.9 Å². The molecule has 1 aliphatic carbocycles. The van der Waals surface area contributed by atoms with Gasteiger partial charge in [0.1, 0.15) is 12.5 Å². The maximum Gasteiger partial charge on any atom is 0.510 e. The Morgan fingerprint density at radius 3 is 2.87 bits per heavy atom. The van der Waals surface area contributed by atoms with E-state index in [9.17, 15) is 14.0 Å². The number of H-pyrrole nitrogens is 1. The number of hydrogen-bond acceptors (Lipinski definition) is 11. The fourth-order valence-electron chi connectivity index (χ4n) is 3.80. The Balaban J connectivity index is 1.29. The van der Waals surface area contributed by atoms with Gasteiger partial charge in [0.2, 0.25) is 21.1 Å². The molecule has 4 rings (SSSR count). The predicted octanol–water partition coefficient (Wildman–Crippen LogP) is 3.42. The number of nitrogens with two attached hydrogens (primary N) is 1. The second kappa shape index (κ2) is 13.5. The van der Waals surface area contributed by atoms with Crippen molar-refractivity contribution >= 4 is 31.6 Å². The number of nitrogen functional groups attached to an aromatic ring is 1. The number of ether oxygens (including phenoxy) is 4. The number of rotatable bonds is 13. The van der Waals surface area contributed by atoms with Gasteiger partial charge in [0.15, 0.2) is 22.7 Å². The van der Waals surface area contributed by atoms with E-state index in [4.69, 9.17) is 33.7 Å². The number of aromatic nitrogens is 4. The number of anilines is 1. The van der Waals surface area contributed by atoms with E-state index in [0.717, 1.165) is 25.7 Å². The number of carbonyl (C=O) groups excluding carboxylic acids is 1. The van der Waals surface area contributed by atoms with Crippen molar-refractivity contribution in [3.8, 4) is 5.75 Å². The third-order valence-corrected chi connectivity index (χ3v) is 6.90. The van der Waals surface area contributed by atoms with E-state index in [0.29, 0.717) is 17.8 Å². The number of nitrogens with one attached hydrogen (secondary N) is 1. The molecule has 1 saturated carbocycles. The lowest BCUT2D eigenvalue weighted by Gasteiger charge is -2.18. The minimum Gasteiger partial charge on any atom is -0.494 e. The molecular formula is C23H29FN5O8P. The Morgan fingerprint density at radius 1 is 1.29 bits per heavy atom. The van der Waals surface area contributed by atoms with Gasteiger partial charge >= 0.3 is 6.16 Å². The SMILES string of the molecule is COc1ccc(COP(COCCn2cnc3c(=O)[nH]c(N)nc32)OCOC(=O)OC2CCCC2)cc1F. The first-order chi connectivity index (χ1) is 18.4. The smallest absolute Gasteiger partial charge is 0.494 e. The topological polar surface area (TPSA) is 162 Å². The Labute approximate surface area is 218 Å². The molecule has 1 atom stereocenters. The van der Waals surface area contributed by atoms with Gasteiger partial charge in [-0.05, 0) is 43.4 Å². The summed E-state index contributed by atoms with van der Waals surface area (Å²) in [6.45, 7) is 0.160. The lowest BCUT2D eigenvalue weighted by Crippen LogP contribution is -2.17. The van der Waals surface area contributed by atoms with Crippen LogP contribution in [-0.4, -0.2) is 58.6 Å². The van der Waals surface area contributed by atoms with E-state index in [1.54, 1.807) is 10.6 Å². The molecular weight excluding hydrogens is 524 g/mol. The minimum absolute atomic E-state index is 0.0167. The van der Waals surface area contributed by atoms with Crippen molar-refractivity contribution in [2.45, 2.75) is 44.9 Å². The molecule has 0 saturated heterocycles. The highest BCUT2D eigenvalue weighted by Crippen LogP contribution is 2.39. The summed E-state index contributed by atoms with van der Waals surface area (Å²) in [7, 11) is -0.308. The maximum absolute atomic E-state index is 14.0. The quantitative estimate of drug-likeness (QED) is 0.138. The molecule has 1 fully saturated rings. The average molecular weight is 553 g/mol. The monoisotopic (exact) mass is 553 g/mol. The van der Waals surface area contributed by atoms with Gasteiger partial charge in [0, 0.05) is 6.54 Å². The first-order valence-electron chi connectivity index (χ1n) is 11.9. The highest BCUT2D eigenvalue weighted by Gasteiger charge is 2.21. The first kappa shape index (κ1) is 27.7. The van der Waals surface area contributed by atoms with Crippen LogP contribution in [0.4, 0.5) is 15.1 Å². The van der Waals surface area contributed by atoms with Crippen LogP contribution in [0.2, 0.25) is 0 Å². The predicted molar refractivity (Wildman–Crippen MR) is 134 cm³/mol. The zero-order valence-electron chi connectivity index (χ0n) is 20.8. The molecule has 2 aromatic heterocycles. The lowest BCUT2D eigenvalue weighted by molar-refractivity contribution is -0.0164. The molecule has 13 nitrogen and oxygen atoms in total. The second-order valence-corrected chi connectivity index (χ2v) is 9.78. The van der Waals surface area contributed by atoms with Crippen LogP contribution in [-0.2, 0) is 36.4 Å². The highest BCUT2D eigenvalue weighted by molar-refractivity contribution is 7.46. The Bertz CT molecular complexity index is 1280. The molecule has 0 spiro atoms. The normalized spacial score (nSPS) is 14.6. The van der Waals surface area contributed by atoms with Crippen LogP contribution in [0.25, 0.3) is 11.2 Å². The molecule has 2 heterocycles. The summed E-state index contributed by atoms with van der Waals surface area (Å²) in [4.78, 5) is 34.4. The van der Waals surface area contributed by atoms with Crippen molar-refractivity contribution in [2.24, 2.45) is 0 Å². The number of aromatic amines is 1. The van der Waals surface area contributed by atoms with Crippen molar-refractivity contribution < 1.29 is 37.2 Å². The largest absolute Gasteiger partial charge is 0.510 e. The summed E-state index contributed by atoms with van der Waals surface area (Å²) in [6, 6.07) is 4.46. The maximum atomic E-state index is 14.0. The summed E-state index contributed by atoms with van der Waals surface area (Å²) in [5.74, 6) is -0.416.